The molecule has 1 unspecified atom stereocenters. The van der Waals surface area contributed by atoms with Gasteiger partial charge in [0.1, 0.15) is 0 Å². The molecule has 1 atom stereocenters. The van der Waals surface area contributed by atoms with Crippen LogP contribution in [0.25, 0.3) is 0 Å². The molecule has 0 saturated heterocycles. The standard InChI is InChI=1S/C17H35N/c1-3-5-6-7-8-9-10-13-16(4-2)18-17-14-11-12-15-17/h16-18H,3-15H2,1-2H3. The molecule has 0 aromatic carbocycles. The first-order valence-electron chi connectivity index (χ1n) is 8.62. The van der Waals surface area contributed by atoms with Crippen LogP contribution in [-0.2, 0) is 0 Å². The smallest absolute Gasteiger partial charge is 0.00696 e. The molecule has 0 amide bonds. The molecule has 1 aliphatic carbocycles. The fourth-order valence-corrected chi connectivity index (χ4v) is 3.18. The van der Waals surface area contributed by atoms with Gasteiger partial charge in [-0.1, -0.05) is 71.6 Å². The summed E-state index contributed by atoms with van der Waals surface area (Å²) in [5, 5.41) is 3.88. The summed E-state index contributed by atoms with van der Waals surface area (Å²) in [7, 11) is 0. The van der Waals surface area contributed by atoms with E-state index < -0.39 is 0 Å². The van der Waals surface area contributed by atoms with Gasteiger partial charge in [0.05, 0.1) is 0 Å². The quantitative estimate of drug-likeness (QED) is 0.484. The number of nitrogens with one attached hydrogen (secondary N) is 1. The first-order chi connectivity index (χ1) is 8.86. The lowest BCUT2D eigenvalue weighted by Gasteiger charge is -2.21. The molecule has 1 rings (SSSR count). The van der Waals surface area contributed by atoms with Gasteiger partial charge in [0.15, 0.2) is 0 Å². The largest absolute Gasteiger partial charge is 0.311 e. The van der Waals surface area contributed by atoms with Crippen LogP contribution in [0.1, 0.15) is 97.3 Å². The lowest BCUT2D eigenvalue weighted by molar-refractivity contribution is 0.387. The third-order valence-corrected chi connectivity index (χ3v) is 4.48. The highest BCUT2D eigenvalue weighted by Gasteiger charge is 2.17. The molecule has 1 fully saturated rings. The summed E-state index contributed by atoms with van der Waals surface area (Å²) in [5.41, 5.74) is 0. The van der Waals surface area contributed by atoms with Crippen LogP contribution >= 0.6 is 0 Å². The summed E-state index contributed by atoms with van der Waals surface area (Å²) in [6.07, 6.45) is 18.5. The van der Waals surface area contributed by atoms with Crippen LogP contribution in [0.4, 0.5) is 0 Å². The minimum Gasteiger partial charge on any atom is -0.311 e. The topological polar surface area (TPSA) is 12.0 Å². The van der Waals surface area contributed by atoms with Gasteiger partial charge in [0.2, 0.25) is 0 Å². The van der Waals surface area contributed by atoms with E-state index in [2.05, 4.69) is 19.2 Å². The molecule has 0 aromatic rings. The lowest BCUT2D eigenvalue weighted by Crippen LogP contribution is -2.36. The van der Waals surface area contributed by atoms with E-state index in [1.165, 1.54) is 83.5 Å². The minimum absolute atomic E-state index is 0.795. The molecule has 1 heteroatoms. The van der Waals surface area contributed by atoms with Crippen molar-refractivity contribution in [1.82, 2.24) is 5.32 Å². The Bertz CT molecular complexity index is 172. The molecule has 0 aromatic heterocycles. The maximum Gasteiger partial charge on any atom is 0.00696 e. The van der Waals surface area contributed by atoms with Crippen molar-refractivity contribution in [3.8, 4) is 0 Å². The molecule has 1 aliphatic rings. The van der Waals surface area contributed by atoms with Crippen LogP contribution in [-0.4, -0.2) is 12.1 Å². The van der Waals surface area contributed by atoms with Gasteiger partial charge < -0.3 is 5.32 Å². The van der Waals surface area contributed by atoms with Crippen molar-refractivity contribution in [2.45, 2.75) is 109 Å². The number of hydrogen-bond donors (Lipinski definition) is 1. The van der Waals surface area contributed by atoms with Crippen LogP contribution < -0.4 is 5.32 Å². The van der Waals surface area contributed by atoms with Gasteiger partial charge in [-0.25, -0.2) is 0 Å². The highest BCUT2D eigenvalue weighted by atomic mass is 14.9. The molecule has 0 aliphatic heterocycles. The monoisotopic (exact) mass is 253 g/mol. The number of hydrogen-bond acceptors (Lipinski definition) is 1. The molecule has 0 heterocycles. The first kappa shape index (κ1) is 16.0. The zero-order valence-electron chi connectivity index (χ0n) is 12.8. The van der Waals surface area contributed by atoms with Crippen molar-refractivity contribution in [1.29, 1.82) is 0 Å². The first-order valence-corrected chi connectivity index (χ1v) is 8.62. The van der Waals surface area contributed by atoms with Crippen LogP contribution in [0.2, 0.25) is 0 Å². The van der Waals surface area contributed by atoms with Crippen molar-refractivity contribution < 1.29 is 0 Å². The second-order valence-corrected chi connectivity index (χ2v) is 6.16. The SMILES string of the molecule is CCCCCCCCCC(CC)NC1CCCC1. The Hall–Kier alpha value is -0.0400. The summed E-state index contributed by atoms with van der Waals surface area (Å²) in [6, 6.07) is 1.64. The van der Waals surface area contributed by atoms with E-state index in [1.54, 1.807) is 0 Å². The Morgan fingerprint density at radius 1 is 0.889 bits per heavy atom. The van der Waals surface area contributed by atoms with Crippen LogP contribution in [0, 0.1) is 0 Å². The Morgan fingerprint density at radius 3 is 2.11 bits per heavy atom. The zero-order chi connectivity index (χ0) is 13.1. The summed E-state index contributed by atoms with van der Waals surface area (Å²) < 4.78 is 0. The molecule has 1 saturated carbocycles. The summed E-state index contributed by atoms with van der Waals surface area (Å²) >= 11 is 0. The van der Waals surface area contributed by atoms with Crippen LogP contribution in [0.5, 0.6) is 0 Å². The molecule has 1 N–H and O–H groups in total. The molecule has 0 spiro atoms. The van der Waals surface area contributed by atoms with Crippen molar-refractivity contribution >= 4 is 0 Å². The van der Waals surface area contributed by atoms with Gasteiger partial charge >= 0.3 is 0 Å². The Balaban J connectivity index is 1.94. The van der Waals surface area contributed by atoms with Crippen LogP contribution in [0.15, 0.2) is 0 Å². The van der Waals surface area contributed by atoms with E-state index in [9.17, 15) is 0 Å². The van der Waals surface area contributed by atoms with Crippen molar-refractivity contribution in [2.75, 3.05) is 0 Å². The Morgan fingerprint density at radius 2 is 1.50 bits per heavy atom. The minimum atomic E-state index is 0.795. The fourth-order valence-electron chi connectivity index (χ4n) is 3.18. The molecule has 18 heavy (non-hydrogen) atoms. The van der Waals surface area contributed by atoms with Crippen molar-refractivity contribution in [3.05, 3.63) is 0 Å². The fraction of sp³-hybridized carbons (Fsp3) is 1.00. The van der Waals surface area contributed by atoms with Gasteiger partial charge in [0.25, 0.3) is 0 Å². The summed E-state index contributed by atoms with van der Waals surface area (Å²) in [4.78, 5) is 0. The van der Waals surface area contributed by atoms with Crippen molar-refractivity contribution in [2.24, 2.45) is 0 Å². The second-order valence-electron chi connectivity index (χ2n) is 6.16. The number of rotatable bonds is 11. The predicted molar refractivity (Wildman–Crippen MR) is 82.1 cm³/mol. The average Bonchev–Trinajstić information content (AvgIpc) is 2.89. The van der Waals surface area contributed by atoms with Gasteiger partial charge in [-0.3, -0.25) is 0 Å². The van der Waals surface area contributed by atoms with Crippen molar-refractivity contribution in [3.63, 3.8) is 0 Å². The highest BCUT2D eigenvalue weighted by molar-refractivity contribution is 4.78. The molecular weight excluding hydrogens is 218 g/mol. The van der Waals surface area contributed by atoms with Gasteiger partial charge in [0, 0.05) is 12.1 Å². The van der Waals surface area contributed by atoms with Gasteiger partial charge in [-0.2, -0.15) is 0 Å². The maximum atomic E-state index is 3.88. The van der Waals surface area contributed by atoms with E-state index in [0.29, 0.717) is 0 Å². The summed E-state index contributed by atoms with van der Waals surface area (Å²) in [6.45, 7) is 4.63. The average molecular weight is 253 g/mol. The Kier molecular flexibility index (Phi) is 9.65. The second kappa shape index (κ2) is 10.8. The normalized spacial score (nSPS) is 18.3. The molecule has 0 radical (unpaired) electrons. The third-order valence-electron chi connectivity index (χ3n) is 4.48. The number of unbranched alkanes of at least 4 members (excludes halogenated alkanes) is 6. The Labute approximate surface area is 115 Å². The molecule has 1 nitrogen and oxygen atoms in total. The molecular formula is C17H35N. The van der Waals surface area contributed by atoms with Gasteiger partial charge in [-0.05, 0) is 25.7 Å². The van der Waals surface area contributed by atoms with E-state index in [0.717, 1.165) is 12.1 Å². The van der Waals surface area contributed by atoms with E-state index in [1.807, 2.05) is 0 Å². The third kappa shape index (κ3) is 7.41. The summed E-state index contributed by atoms with van der Waals surface area (Å²) in [5.74, 6) is 0. The van der Waals surface area contributed by atoms with E-state index in [4.69, 9.17) is 0 Å². The van der Waals surface area contributed by atoms with E-state index in [-0.39, 0.29) is 0 Å². The maximum absolute atomic E-state index is 3.88. The molecule has 108 valence electrons. The van der Waals surface area contributed by atoms with Gasteiger partial charge in [-0.15, -0.1) is 0 Å². The molecule has 0 bridgehead atoms. The van der Waals surface area contributed by atoms with Crippen LogP contribution in [0.3, 0.4) is 0 Å². The highest BCUT2D eigenvalue weighted by Crippen LogP contribution is 2.20. The lowest BCUT2D eigenvalue weighted by atomic mass is 10.0. The predicted octanol–water partition coefficient (Wildman–Crippen LogP) is 5.44. The van der Waals surface area contributed by atoms with E-state index >= 15 is 0 Å². The zero-order valence-corrected chi connectivity index (χ0v) is 12.8.